The molecule has 1 aromatic carbocycles. The number of nitrogens with two attached hydrogens (primary N) is 1. The fourth-order valence-corrected chi connectivity index (χ4v) is 5.77. The number of aryl methyl sites for hydroxylation is 1. The molecule has 8 nitrogen and oxygen atoms in total. The van der Waals surface area contributed by atoms with Gasteiger partial charge < -0.3 is 15.0 Å². The Morgan fingerprint density at radius 3 is 2.50 bits per heavy atom. The van der Waals surface area contributed by atoms with Crippen molar-refractivity contribution in [2.75, 3.05) is 16.2 Å². The molecule has 1 saturated carbocycles. The van der Waals surface area contributed by atoms with Gasteiger partial charge in [-0.05, 0) is 50.5 Å². The lowest BCUT2D eigenvalue weighted by Gasteiger charge is -2.20. The minimum absolute atomic E-state index is 0.0343. The van der Waals surface area contributed by atoms with Crippen LogP contribution >= 0.6 is 11.9 Å². The van der Waals surface area contributed by atoms with Gasteiger partial charge in [0.1, 0.15) is 17.3 Å². The molecule has 226 valence electrons. The molecule has 0 atom stereocenters. The molecule has 1 aliphatic carbocycles. The summed E-state index contributed by atoms with van der Waals surface area (Å²) in [6.07, 6.45) is 7.06. The maximum atomic E-state index is 14.5. The highest BCUT2D eigenvalue weighted by Crippen LogP contribution is 2.31. The summed E-state index contributed by atoms with van der Waals surface area (Å²) in [5.41, 5.74) is 6.27. The fraction of sp³-hybridized carbons (Fsp3) is 0.448. The van der Waals surface area contributed by atoms with Gasteiger partial charge in [-0.2, -0.15) is 18.2 Å². The molecule has 42 heavy (non-hydrogen) atoms. The molecule has 3 N–H and O–H groups in total. The molecule has 0 amide bonds. The quantitative estimate of drug-likeness (QED) is 0.130. The summed E-state index contributed by atoms with van der Waals surface area (Å²) in [5.74, 6) is 1.12. The predicted octanol–water partition coefficient (Wildman–Crippen LogP) is 7.24. The highest BCUT2D eigenvalue weighted by Gasteiger charge is 2.26. The van der Waals surface area contributed by atoms with E-state index < -0.39 is 18.4 Å². The fourth-order valence-electron chi connectivity index (χ4n) is 5.01. The number of aromatic nitrogens is 5. The van der Waals surface area contributed by atoms with E-state index in [1.807, 2.05) is 26.2 Å². The molecule has 13 heteroatoms. The highest BCUT2D eigenvalue weighted by molar-refractivity contribution is 8.00. The van der Waals surface area contributed by atoms with E-state index in [1.54, 1.807) is 6.07 Å². The molecule has 1 aliphatic rings. The first-order valence-electron chi connectivity index (χ1n) is 13.8. The molecule has 1 fully saturated rings. The summed E-state index contributed by atoms with van der Waals surface area (Å²) in [5, 5.41) is 0.567. The lowest BCUT2D eigenvalue weighted by atomic mass is 9.89. The molecule has 0 unspecified atom stereocenters. The van der Waals surface area contributed by atoms with Crippen molar-refractivity contribution in [1.82, 2.24) is 24.1 Å². The number of halogens is 4. The van der Waals surface area contributed by atoms with Crippen LogP contribution in [-0.2, 0) is 7.05 Å². The van der Waals surface area contributed by atoms with Gasteiger partial charge in [-0.15, -0.1) is 0 Å². The van der Waals surface area contributed by atoms with Crippen LogP contribution in [0.3, 0.4) is 0 Å². The number of hydrogen-bond acceptors (Lipinski definition) is 7. The Morgan fingerprint density at radius 2 is 1.88 bits per heavy atom. The minimum atomic E-state index is -4.27. The van der Waals surface area contributed by atoms with Crippen LogP contribution in [0.5, 0.6) is 0 Å². The molecule has 0 bridgehead atoms. The molecule has 0 aliphatic heterocycles. The van der Waals surface area contributed by atoms with Gasteiger partial charge in [0, 0.05) is 54.3 Å². The first-order chi connectivity index (χ1) is 19.9. The van der Waals surface area contributed by atoms with Crippen molar-refractivity contribution in [3.63, 3.8) is 0 Å². The zero-order chi connectivity index (χ0) is 30.4. The number of benzene rings is 1. The van der Waals surface area contributed by atoms with Crippen molar-refractivity contribution in [3.05, 3.63) is 64.9 Å². The van der Waals surface area contributed by atoms with Gasteiger partial charge in [-0.25, -0.2) is 14.4 Å². The maximum absolute atomic E-state index is 14.5. The predicted molar refractivity (Wildman–Crippen MR) is 160 cm³/mol. The molecular formula is C29H35F4N7OS. The molecule has 3 heterocycles. The Labute approximate surface area is 245 Å². The summed E-state index contributed by atoms with van der Waals surface area (Å²) < 4.78 is 57.3. The smallest absolute Gasteiger partial charge is 0.368 e. The van der Waals surface area contributed by atoms with Crippen LogP contribution < -0.4 is 16.0 Å². The average molecular weight is 606 g/mol. The number of nitrogens with one attached hydrogen (secondary N) is 1. The second kappa shape index (κ2) is 13.6. The number of pyridine rings is 1. The van der Waals surface area contributed by atoms with E-state index >= 15 is 0 Å². The average Bonchev–Trinajstić information content (AvgIpc) is 3.37. The summed E-state index contributed by atoms with van der Waals surface area (Å²) in [6.45, 7) is 3.63. The van der Waals surface area contributed by atoms with Crippen LogP contribution in [0, 0.1) is 5.82 Å². The number of fused-ring (bicyclic) bond motifs is 1. The van der Waals surface area contributed by atoms with E-state index in [9.17, 15) is 22.4 Å². The Bertz CT molecular complexity index is 1560. The summed E-state index contributed by atoms with van der Waals surface area (Å²) in [7, 11) is 2.09. The first-order valence-corrected chi connectivity index (χ1v) is 14.8. The lowest BCUT2D eigenvalue weighted by molar-refractivity contribution is -0.129. The molecular weight excluding hydrogens is 570 g/mol. The maximum Gasteiger partial charge on any atom is 0.389 e. The zero-order valence-electron chi connectivity index (χ0n) is 23.8. The van der Waals surface area contributed by atoms with Gasteiger partial charge in [0.2, 0.25) is 5.95 Å². The second-order valence-corrected chi connectivity index (χ2v) is 11.5. The Kier molecular flexibility index (Phi) is 10.1. The van der Waals surface area contributed by atoms with Crippen LogP contribution in [0.1, 0.15) is 70.2 Å². The Morgan fingerprint density at radius 1 is 1.14 bits per heavy atom. The third-order valence-electron chi connectivity index (χ3n) is 7.09. The first kappa shape index (κ1) is 31.3. The van der Waals surface area contributed by atoms with Crippen LogP contribution in [-0.4, -0.2) is 36.0 Å². The SMILES string of the molecule is CC(C)n1c(=O)c(-c2ccc(NSCCC(F)(F)F)c(F)c2)cc2cnc(N)nc21.Cn1ccnc1C1CCCCC1. The number of anilines is 2. The molecule has 4 aromatic rings. The van der Waals surface area contributed by atoms with E-state index in [0.29, 0.717) is 16.6 Å². The van der Waals surface area contributed by atoms with Crippen molar-refractivity contribution >= 4 is 34.6 Å². The second-order valence-electron chi connectivity index (χ2n) is 10.6. The van der Waals surface area contributed by atoms with E-state index in [1.165, 1.54) is 60.8 Å². The Balaban J connectivity index is 0.000000279. The van der Waals surface area contributed by atoms with E-state index in [0.717, 1.165) is 23.9 Å². The minimum Gasteiger partial charge on any atom is -0.368 e. The molecule has 0 spiro atoms. The largest absolute Gasteiger partial charge is 0.389 e. The number of hydrogen-bond donors (Lipinski definition) is 2. The molecule has 5 rings (SSSR count). The third kappa shape index (κ3) is 7.81. The molecule has 0 radical (unpaired) electrons. The molecule has 3 aromatic heterocycles. The monoisotopic (exact) mass is 605 g/mol. The van der Waals surface area contributed by atoms with Crippen molar-refractivity contribution < 1.29 is 17.6 Å². The van der Waals surface area contributed by atoms with Crippen molar-refractivity contribution in [2.24, 2.45) is 7.05 Å². The zero-order valence-corrected chi connectivity index (χ0v) is 24.6. The number of rotatable bonds is 7. The topological polar surface area (TPSA) is 104 Å². The van der Waals surface area contributed by atoms with Crippen LogP contribution in [0.2, 0.25) is 0 Å². The van der Waals surface area contributed by atoms with Gasteiger partial charge in [-0.1, -0.05) is 37.3 Å². The lowest BCUT2D eigenvalue weighted by Crippen LogP contribution is -2.25. The van der Waals surface area contributed by atoms with Crippen LogP contribution in [0.25, 0.3) is 22.2 Å². The van der Waals surface area contributed by atoms with Crippen molar-refractivity contribution in [1.29, 1.82) is 0 Å². The number of nitrogens with zero attached hydrogens (tertiary/aromatic N) is 5. The van der Waals surface area contributed by atoms with Gasteiger partial charge >= 0.3 is 6.18 Å². The van der Waals surface area contributed by atoms with Crippen LogP contribution in [0.15, 0.2) is 47.7 Å². The number of nitrogen functional groups attached to an aromatic ring is 1. The number of imidazole rings is 1. The van der Waals surface area contributed by atoms with Gasteiger partial charge in [-0.3, -0.25) is 9.36 Å². The van der Waals surface area contributed by atoms with Crippen molar-refractivity contribution in [3.8, 4) is 11.1 Å². The van der Waals surface area contributed by atoms with E-state index in [-0.39, 0.29) is 34.6 Å². The summed E-state index contributed by atoms with van der Waals surface area (Å²) >= 11 is 0.758. The standard InChI is InChI=1S/C19H19F4N5OS.C10H16N2/c1-10(2)28-16-12(9-25-18(24)26-16)7-13(17(28)29)11-3-4-15(14(20)8-11)27-30-6-5-19(21,22)23;1-12-8-7-11-10(12)9-5-3-2-4-6-9/h3-4,7-10,27H,5-6H2,1-2H3,(H2,24,25,26);7-9H,2-6H2,1H3. The van der Waals surface area contributed by atoms with Gasteiger partial charge in [0.25, 0.3) is 5.56 Å². The van der Waals surface area contributed by atoms with Gasteiger partial charge in [0.15, 0.2) is 0 Å². The normalized spacial score (nSPS) is 14.2. The summed E-state index contributed by atoms with van der Waals surface area (Å²) in [4.78, 5) is 25.5. The Hall–Kier alpha value is -3.61. The van der Waals surface area contributed by atoms with E-state index in [2.05, 4.69) is 31.3 Å². The molecule has 0 saturated heterocycles. The number of alkyl halides is 3. The summed E-state index contributed by atoms with van der Waals surface area (Å²) in [6, 6.07) is 5.41. The van der Waals surface area contributed by atoms with E-state index in [4.69, 9.17) is 5.73 Å². The van der Waals surface area contributed by atoms with Crippen LogP contribution in [0.4, 0.5) is 29.2 Å². The van der Waals surface area contributed by atoms with Gasteiger partial charge in [0.05, 0.1) is 12.1 Å². The van der Waals surface area contributed by atoms with Crippen molar-refractivity contribution in [2.45, 2.75) is 70.5 Å². The highest BCUT2D eigenvalue weighted by atomic mass is 32.2. The third-order valence-corrected chi connectivity index (χ3v) is 7.86.